The molecule has 202 valence electrons. The summed E-state index contributed by atoms with van der Waals surface area (Å²) in [4.78, 5) is 4.81. The molecule has 1 heterocycles. The van der Waals surface area contributed by atoms with Crippen molar-refractivity contribution in [1.82, 2.24) is 4.98 Å². The van der Waals surface area contributed by atoms with Crippen molar-refractivity contribution in [3.63, 3.8) is 0 Å². The molecule has 4 aliphatic carbocycles. The van der Waals surface area contributed by atoms with E-state index in [1.807, 2.05) is 0 Å². The predicted octanol–water partition coefficient (Wildman–Crippen LogP) is 6.43. The van der Waals surface area contributed by atoms with Crippen LogP contribution in [-0.4, -0.2) is 38.6 Å². The lowest BCUT2D eigenvalue weighted by Crippen LogP contribution is -2.35. The third-order valence-electron chi connectivity index (χ3n) is 10.2. The summed E-state index contributed by atoms with van der Waals surface area (Å²) in [5, 5.41) is 34.8. The number of fused-ring (bicyclic) bond motifs is 1. The smallest absolute Gasteiger partial charge is 0.102 e. The minimum Gasteiger partial charge on any atom is -0.393 e. The Hall–Kier alpha value is -1.53. The quantitative estimate of drug-likeness (QED) is 0.360. The van der Waals surface area contributed by atoms with Crippen molar-refractivity contribution in [2.75, 3.05) is 0 Å². The van der Waals surface area contributed by atoms with Gasteiger partial charge in [0, 0.05) is 11.8 Å². The average Bonchev–Trinajstić information content (AvgIpc) is 3.39. The third-order valence-corrected chi connectivity index (χ3v) is 11.3. The Kier molecular flexibility index (Phi) is 7.72. The number of nitrogens with zero attached hydrogens (tertiary/aromatic N) is 1. The van der Waals surface area contributed by atoms with Gasteiger partial charge in [-0.3, -0.25) is 0 Å². The molecule has 4 aliphatic rings. The minimum atomic E-state index is -0.636. The van der Waals surface area contributed by atoms with Gasteiger partial charge >= 0.3 is 0 Å². The summed E-state index contributed by atoms with van der Waals surface area (Å²) >= 11 is 1.71. The molecular formula is C32H45NO3S. The number of aryl methyl sites for hydroxylation is 1. The molecule has 0 amide bonds. The van der Waals surface area contributed by atoms with Crippen molar-refractivity contribution >= 4 is 11.3 Å². The van der Waals surface area contributed by atoms with E-state index < -0.39 is 18.3 Å². The maximum Gasteiger partial charge on any atom is 0.102 e. The first-order chi connectivity index (χ1) is 17.7. The molecule has 7 atom stereocenters. The molecule has 0 aliphatic heterocycles. The molecule has 0 aromatic carbocycles. The van der Waals surface area contributed by atoms with Crippen LogP contribution in [-0.2, 0) is 11.8 Å². The van der Waals surface area contributed by atoms with Crippen LogP contribution in [0.15, 0.2) is 53.0 Å². The molecule has 0 unspecified atom stereocenters. The zero-order chi connectivity index (χ0) is 26.4. The number of allylic oxidation sites excluding steroid dienone is 4. The van der Waals surface area contributed by atoms with Gasteiger partial charge in [0.25, 0.3) is 0 Å². The zero-order valence-electron chi connectivity index (χ0n) is 22.8. The molecule has 0 radical (unpaired) electrons. The van der Waals surface area contributed by atoms with Gasteiger partial charge in [0.15, 0.2) is 0 Å². The van der Waals surface area contributed by atoms with Crippen LogP contribution in [0.5, 0.6) is 0 Å². The number of aliphatic hydroxyl groups excluding tert-OH is 3. The summed E-state index contributed by atoms with van der Waals surface area (Å²) in [6, 6.07) is 0. The largest absolute Gasteiger partial charge is 0.393 e. The molecule has 4 saturated carbocycles. The van der Waals surface area contributed by atoms with E-state index in [-0.39, 0.29) is 10.8 Å². The van der Waals surface area contributed by atoms with Crippen LogP contribution in [0.2, 0.25) is 0 Å². The van der Waals surface area contributed by atoms with E-state index in [1.165, 1.54) is 31.3 Å². The van der Waals surface area contributed by atoms with E-state index in [2.05, 4.69) is 57.0 Å². The molecule has 5 heteroatoms. The highest BCUT2D eigenvalue weighted by atomic mass is 32.1. The molecular weight excluding hydrogens is 478 g/mol. The molecule has 0 spiro atoms. The van der Waals surface area contributed by atoms with Crippen molar-refractivity contribution in [3.8, 4) is 0 Å². The topological polar surface area (TPSA) is 73.6 Å². The van der Waals surface area contributed by atoms with Crippen LogP contribution in [0, 0.1) is 23.2 Å². The summed E-state index contributed by atoms with van der Waals surface area (Å²) < 4.78 is 0. The normalized spacial score (nSPS) is 37.3. The number of hydrogen-bond donors (Lipinski definition) is 3. The molecule has 0 bridgehead atoms. The molecule has 5 rings (SSSR count). The van der Waals surface area contributed by atoms with Crippen molar-refractivity contribution in [1.29, 1.82) is 0 Å². The molecule has 3 N–H and O–H groups in total. The van der Waals surface area contributed by atoms with Gasteiger partial charge in [0.05, 0.1) is 29.4 Å². The van der Waals surface area contributed by atoms with Gasteiger partial charge in [0.1, 0.15) is 5.01 Å². The second-order valence-electron chi connectivity index (χ2n) is 12.5. The van der Waals surface area contributed by atoms with E-state index in [9.17, 15) is 15.3 Å². The maximum atomic E-state index is 11.2. The van der Waals surface area contributed by atoms with E-state index in [4.69, 9.17) is 4.98 Å². The highest BCUT2D eigenvalue weighted by molar-refractivity contribution is 7.09. The summed E-state index contributed by atoms with van der Waals surface area (Å²) in [7, 11) is 0. The zero-order valence-corrected chi connectivity index (χ0v) is 23.6. The second-order valence-corrected chi connectivity index (χ2v) is 13.4. The SMILES string of the molecule is C=C1C(=CC=C2CCC[C@]3(C)[C@@H]([C@@H](C)C=C[C@H](O)C4(c5nc(CC)cs5)CC4)CC[C@@H]23)C[C@@H](O)C[C@@H]1O. The number of aromatic nitrogens is 1. The molecule has 0 saturated heterocycles. The van der Waals surface area contributed by atoms with Crippen molar-refractivity contribution in [3.05, 3.63) is 63.7 Å². The fraction of sp³-hybridized carbons (Fsp3) is 0.656. The van der Waals surface area contributed by atoms with Gasteiger partial charge in [-0.15, -0.1) is 11.3 Å². The Bertz CT molecular complexity index is 1100. The van der Waals surface area contributed by atoms with E-state index in [0.29, 0.717) is 30.6 Å². The van der Waals surface area contributed by atoms with Gasteiger partial charge < -0.3 is 15.3 Å². The van der Waals surface area contributed by atoms with Gasteiger partial charge in [-0.2, -0.15) is 0 Å². The lowest BCUT2D eigenvalue weighted by atomic mass is 9.61. The fourth-order valence-corrected chi connectivity index (χ4v) is 8.87. The van der Waals surface area contributed by atoms with Gasteiger partial charge in [0.2, 0.25) is 0 Å². The first-order valence-corrected chi connectivity index (χ1v) is 15.3. The maximum absolute atomic E-state index is 11.2. The van der Waals surface area contributed by atoms with E-state index in [1.54, 1.807) is 11.3 Å². The van der Waals surface area contributed by atoms with Gasteiger partial charge in [-0.25, -0.2) is 4.98 Å². The predicted molar refractivity (Wildman–Crippen MR) is 151 cm³/mol. The first-order valence-electron chi connectivity index (χ1n) is 14.4. The van der Waals surface area contributed by atoms with Crippen LogP contribution < -0.4 is 0 Å². The van der Waals surface area contributed by atoms with Crippen LogP contribution in [0.3, 0.4) is 0 Å². The Morgan fingerprint density at radius 2 is 1.97 bits per heavy atom. The number of hydrogen-bond acceptors (Lipinski definition) is 5. The Labute approximate surface area is 226 Å². The summed E-state index contributed by atoms with van der Waals surface area (Å²) in [6.45, 7) is 11.1. The Morgan fingerprint density at radius 3 is 2.68 bits per heavy atom. The van der Waals surface area contributed by atoms with Crippen molar-refractivity contribution in [2.45, 2.75) is 109 Å². The van der Waals surface area contributed by atoms with Crippen LogP contribution in [0.25, 0.3) is 0 Å². The monoisotopic (exact) mass is 523 g/mol. The minimum absolute atomic E-state index is 0.158. The van der Waals surface area contributed by atoms with Crippen LogP contribution >= 0.6 is 11.3 Å². The summed E-state index contributed by atoms with van der Waals surface area (Å²) in [6.07, 6.45) is 17.2. The van der Waals surface area contributed by atoms with Crippen LogP contribution in [0.4, 0.5) is 0 Å². The summed E-state index contributed by atoms with van der Waals surface area (Å²) in [5.74, 6) is 1.60. The third kappa shape index (κ3) is 5.09. The molecule has 1 aromatic rings. The van der Waals surface area contributed by atoms with Crippen molar-refractivity contribution < 1.29 is 15.3 Å². The first kappa shape index (κ1) is 27.1. The lowest BCUT2D eigenvalue weighted by molar-refractivity contribution is 0.0862. The van der Waals surface area contributed by atoms with Gasteiger partial charge in [-0.05, 0) is 92.1 Å². The standard InChI is InChI=1S/C32H45NO3S/c1-5-24-19-37-30(33-24)32(15-16-32)29(36)13-8-20(2)26-11-12-27-22(7-6-14-31(26,27)4)9-10-23-17-25(34)18-28(35)21(23)3/h8-10,13,19-20,25-29,34-36H,3,5-7,11-12,14-18H2,1-2,4H3/t20-,25+,26+,27-,28-,29-,31+/m0/s1. The molecule has 1 aromatic heterocycles. The van der Waals surface area contributed by atoms with E-state index >= 15 is 0 Å². The highest BCUT2D eigenvalue weighted by Gasteiger charge is 2.53. The highest BCUT2D eigenvalue weighted by Crippen LogP contribution is 2.60. The Balaban J connectivity index is 1.28. The lowest BCUT2D eigenvalue weighted by Gasteiger charge is -2.44. The average molecular weight is 524 g/mol. The summed E-state index contributed by atoms with van der Waals surface area (Å²) in [5.41, 5.74) is 4.52. The molecule has 37 heavy (non-hydrogen) atoms. The molecule has 4 nitrogen and oxygen atoms in total. The number of aliphatic hydroxyl groups is 3. The molecule has 4 fully saturated rings. The second kappa shape index (κ2) is 10.6. The number of rotatable bonds is 7. The van der Waals surface area contributed by atoms with E-state index in [0.717, 1.165) is 47.5 Å². The van der Waals surface area contributed by atoms with Crippen molar-refractivity contribution in [2.24, 2.45) is 23.2 Å². The Morgan fingerprint density at radius 1 is 1.19 bits per heavy atom. The van der Waals surface area contributed by atoms with Crippen LogP contribution in [0.1, 0.15) is 89.3 Å². The fourth-order valence-electron chi connectivity index (χ4n) is 7.68. The van der Waals surface area contributed by atoms with Gasteiger partial charge in [-0.1, -0.05) is 57.2 Å². The number of thiazole rings is 1.